The summed E-state index contributed by atoms with van der Waals surface area (Å²) in [6.07, 6.45) is 3.74. The molecule has 4 aliphatic heterocycles. The second-order valence-electron chi connectivity index (χ2n) is 7.55. The standard InChI is InChI=1S/C21H20N4O5S/c26-19-8-9-20(27)30-21(29-19)14-25(15-10-12-24(21)13-11-15)17-6-7-18(23-22-17)31(28)16-4-2-1-3-5-16/h1-9,15H,10-14H2. The van der Waals surface area contributed by atoms with Crippen molar-refractivity contribution in [3.63, 3.8) is 0 Å². The Labute approximate surface area is 181 Å². The van der Waals surface area contributed by atoms with Crippen molar-refractivity contribution < 1.29 is 23.3 Å². The lowest BCUT2D eigenvalue weighted by Gasteiger charge is -2.39. The van der Waals surface area contributed by atoms with Crippen LogP contribution in [0.3, 0.4) is 0 Å². The second kappa shape index (κ2) is 7.86. The third-order valence-corrected chi connectivity index (χ3v) is 7.00. The molecule has 1 aromatic heterocycles. The zero-order valence-electron chi connectivity index (χ0n) is 16.5. The summed E-state index contributed by atoms with van der Waals surface area (Å²) in [5.74, 6) is -2.23. The summed E-state index contributed by atoms with van der Waals surface area (Å²) in [4.78, 5) is 28.8. The largest absolute Gasteiger partial charge is 0.403 e. The summed E-state index contributed by atoms with van der Waals surface area (Å²) in [6, 6.07) is 12.6. The quantitative estimate of drug-likeness (QED) is 0.652. The van der Waals surface area contributed by atoms with Crippen molar-refractivity contribution in [1.29, 1.82) is 0 Å². The second-order valence-corrected chi connectivity index (χ2v) is 8.97. The molecule has 1 unspecified atom stereocenters. The minimum atomic E-state index is -1.52. The highest BCUT2D eigenvalue weighted by Gasteiger charge is 2.52. The molecule has 31 heavy (non-hydrogen) atoms. The van der Waals surface area contributed by atoms with Crippen LogP contribution in [0.5, 0.6) is 0 Å². The molecule has 10 heteroatoms. The number of benzene rings is 1. The molecule has 1 spiro atoms. The van der Waals surface area contributed by atoms with Crippen molar-refractivity contribution in [1.82, 2.24) is 15.1 Å². The summed E-state index contributed by atoms with van der Waals surface area (Å²) in [5.41, 5.74) is 0. The number of aromatic nitrogens is 2. The van der Waals surface area contributed by atoms with E-state index in [2.05, 4.69) is 10.2 Å². The molecule has 0 amide bonds. The lowest BCUT2D eigenvalue weighted by Crippen LogP contribution is -2.58. The molecule has 1 aromatic carbocycles. The van der Waals surface area contributed by atoms with Crippen LogP contribution in [-0.2, 0) is 29.9 Å². The van der Waals surface area contributed by atoms with Crippen LogP contribution in [0.4, 0.5) is 5.82 Å². The number of esters is 2. The maximum atomic E-state index is 12.7. The van der Waals surface area contributed by atoms with E-state index in [4.69, 9.17) is 9.47 Å². The fourth-order valence-electron chi connectivity index (χ4n) is 4.19. The van der Waals surface area contributed by atoms with E-state index in [1.54, 1.807) is 24.3 Å². The highest BCUT2D eigenvalue weighted by Crippen LogP contribution is 2.36. The van der Waals surface area contributed by atoms with Gasteiger partial charge in [0.25, 0.3) is 0 Å². The summed E-state index contributed by atoms with van der Waals surface area (Å²) >= 11 is 0. The van der Waals surface area contributed by atoms with Crippen LogP contribution < -0.4 is 4.90 Å². The van der Waals surface area contributed by atoms with Crippen LogP contribution >= 0.6 is 0 Å². The number of rotatable bonds is 3. The van der Waals surface area contributed by atoms with Crippen LogP contribution in [0.25, 0.3) is 0 Å². The minimum Gasteiger partial charge on any atom is -0.403 e. The van der Waals surface area contributed by atoms with E-state index in [-0.39, 0.29) is 12.6 Å². The molecule has 6 rings (SSSR count). The molecular weight excluding hydrogens is 420 g/mol. The lowest BCUT2D eigenvalue weighted by atomic mass is 10.1. The first-order valence-corrected chi connectivity index (χ1v) is 11.2. The number of carbonyl (C=O) groups is 2. The molecular formula is C21H20N4O5S. The first kappa shape index (κ1) is 19.8. The van der Waals surface area contributed by atoms with Gasteiger partial charge in [0.15, 0.2) is 10.8 Å². The lowest BCUT2D eigenvalue weighted by molar-refractivity contribution is -0.274. The molecule has 2 bridgehead atoms. The molecule has 0 aliphatic carbocycles. The van der Waals surface area contributed by atoms with Gasteiger partial charge in [0.05, 0.1) is 0 Å². The Kier molecular flexibility index (Phi) is 5.03. The van der Waals surface area contributed by atoms with Crippen LogP contribution in [0.1, 0.15) is 12.8 Å². The van der Waals surface area contributed by atoms with Crippen molar-refractivity contribution in [2.45, 2.75) is 34.7 Å². The molecule has 0 saturated carbocycles. The van der Waals surface area contributed by atoms with Crippen molar-refractivity contribution in [3.05, 3.63) is 54.6 Å². The van der Waals surface area contributed by atoms with Gasteiger partial charge in [-0.25, -0.2) is 18.7 Å². The summed E-state index contributed by atoms with van der Waals surface area (Å²) in [6.45, 7) is 1.35. The Bertz CT molecular complexity index is 1030. The Morgan fingerprint density at radius 1 is 0.935 bits per heavy atom. The molecule has 0 N–H and O–H groups in total. The van der Waals surface area contributed by atoms with Crippen LogP contribution in [0.2, 0.25) is 0 Å². The maximum Gasteiger partial charge on any atom is 0.339 e. The molecule has 3 fully saturated rings. The van der Waals surface area contributed by atoms with E-state index in [9.17, 15) is 13.8 Å². The average Bonchev–Trinajstić information content (AvgIpc) is 3.12. The maximum absolute atomic E-state index is 12.7. The number of fused-ring (bicyclic) bond motifs is 3. The van der Waals surface area contributed by atoms with E-state index in [0.717, 1.165) is 25.0 Å². The fourth-order valence-corrected chi connectivity index (χ4v) is 5.15. The number of hydrogen-bond acceptors (Lipinski definition) is 9. The van der Waals surface area contributed by atoms with E-state index in [0.29, 0.717) is 28.8 Å². The van der Waals surface area contributed by atoms with Gasteiger partial charge < -0.3 is 14.4 Å². The van der Waals surface area contributed by atoms with E-state index in [1.807, 2.05) is 28.0 Å². The molecule has 1 atom stereocenters. The Morgan fingerprint density at radius 3 is 2.23 bits per heavy atom. The number of piperidine rings is 1. The predicted octanol–water partition coefficient (Wildman–Crippen LogP) is 1.24. The highest BCUT2D eigenvalue weighted by atomic mass is 32.2. The van der Waals surface area contributed by atoms with Crippen LogP contribution in [0.15, 0.2) is 64.5 Å². The van der Waals surface area contributed by atoms with Crippen LogP contribution in [-0.4, -0.2) is 62.8 Å². The molecule has 9 nitrogen and oxygen atoms in total. The summed E-state index contributed by atoms with van der Waals surface area (Å²) in [7, 11) is -1.44. The number of carbonyl (C=O) groups excluding carboxylic acids is 2. The SMILES string of the molecule is O=C1C=CC(=O)OC2(CN(c3ccc(S(=O)c4ccccc4)nn3)C3CCN2CC3)O1. The van der Waals surface area contributed by atoms with Gasteiger partial charge in [-0.1, -0.05) is 18.2 Å². The number of nitrogens with zero attached hydrogens (tertiary/aromatic N) is 4. The van der Waals surface area contributed by atoms with Crippen molar-refractivity contribution in [3.8, 4) is 0 Å². The molecule has 160 valence electrons. The first-order valence-electron chi connectivity index (χ1n) is 10.0. The highest BCUT2D eigenvalue weighted by molar-refractivity contribution is 7.85. The van der Waals surface area contributed by atoms with E-state index < -0.39 is 28.6 Å². The molecule has 0 radical (unpaired) electrons. The van der Waals surface area contributed by atoms with Gasteiger partial charge in [-0.2, -0.15) is 0 Å². The Balaban J connectivity index is 1.45. The van der Waals surface area contributed by atoms with E-state index in [1.165, 1.54) is 0 Å². The van der Waals surface area contributed by atoms with Gasteiger partial charge >= 0.3 is 17.8 Å². The van der Waals surface area contributed by atoms with E-state index >= 15 is 0 Å². The minimum absolute atomic E-state index is 0.118. The average molecular weight is 440 g/mol. The zero-order valence-corrected chi connectivity index (χ0v) is 17.4. The van der Waals surface area contributed by atoms with Gasteiger partial charge in [0.2, 0.25) is 0 Å². The van der Waals surface area contributed by atoms with Gasteiger partial charge in [0.1, 0.15) is 17.3 Å². The summed E-state index contributed by atoms with van der Waals surface area (Å²) < 4.78 is 24.0. The third-order valence-electron chi connectivity index (χ3n) is 5.70. The normalized spacial score (nSPS) is 25.5. The molecule has 3 saturated heterocycles. The predicted molar refractivity (Wildman–Crippen MR) is 109 cm³/mol. The summed E-state index contributed by atoms with van der Waals surface area (Å²) in [5, 5.41) is 8.86. The van der Waals surface area contributed by atoms with Gasteiger partial charge in [-0.05, 0) is 37.1 Å². The number of hydrogen-bond donors (Lipinski definition) is 0. The van der Waals surface area contributed by atoms with Crippen molar-refractivity contribution >= 4 is 28.6 Å². The zero-order chi connectivity index (χ0) is 21.4. The smallest absolute Gasteiger partial charge is 0.339 e. The Morgan fingerprint density at radius 2 is 1.61 bits per heavy atom. The van der Waals surface area contributed by atoms with Gasteiger partial charge in [-0.3, -0.25) is 0 Å². The molecule has 4 aliphatic rings. The van der Waals surface area contributed by atoms with Gasteiger partial charge in [0, 0.05) is 36.2 Å². The topological polar surface area (TPSA) is 102 Å². The third kappa shape index (κ3) is 3.72. The molecule has 5 heterocycles. The van der Waals surface area contributed by atoms with Crippen molar-refractivity contribution in [2.75, 3.05) is 24.5 Å². The van der Waals surface area contributed by atoms with Gasteiger partial charge in [-0.15, -0.1) is 10.2 Å². The first-order chi connectivity index (χ1) is 15.0. The number of anilines is 1. The van der Waals surface area contributed by atoms with Crippen LogP contribution in [0, 0.1) is 0 Å². The molecule has 2 aromatic rings. The monoisotopic (exact) mass is 440 g/mol. The Hall–Kier alpha value is -3.11. The fraction of sp³-hybridized carbons (Fsp3) is 0.333. The number of ether oxygens (including phenoxy) is 2. The van der Waals surface area contributed by atoms with Crippen molar-refractivity contribution in [2.24, 2.45) is 0 Å².